The number of nitrogens with one attached hydrogen (secondary N) is 1. The maximum absolute atomic E-state index is 12.7. The molecule has 0 spiro atoms. The number of carbonyl (C=O) groups is 1. The number of ether oxygens (including phenoxy) is 1. The van der Waals surface area contributed by atoms with Gasteiger partial charge in [-0.3, -0.25) is 4.79 Å². The number of hydrogen-bond donors (Lipinski definition) is 2. The summed E-state index contributed by atoms with van der Waals surface area (Å²) in [5.74, 6) is 1.10. The van der Waals surface area contributed by atoms with Crippen molar-refractivity contribution < 1.29 is 14.6 Å². The maximum Gasteiger partial charge on any atom is 0.168 e. The average Bonchev–Trinajstić information content (AvgIpc) is 3.20. The van der Waals surface area contributed by atoms with Crippen LogP contribution in [-0.4, -0.2) is 35.7 Å². The van der Waals surface area contributed by atoms with Crippen molar-refractivity contribution in [2.45, 2.75) is 57.8 Å². The van der Waals surface area contributed by atoms with E-state index in [9.17, 15) is 9.90 Å². The summed E-state index contributed by atoms with van der Waals surface area (Å²) in [6.07, 6.45) is 2.81. The molecule has 1 fully saturated rings. The van der Waals surface area contributed by atoms with Crippen LogP contribution in [0.15, 0.2) is 30.3 Å². The SMILES string of the molecule is Cc1cc2c(s1)CCC(CN[C@@H]1CC[C@@H](Oc3ccccc3C)[C@@H]1O)C2=O. The van der Waals surface area contributed by atoms with Crippen molar-refractivity contribution in [1.82, 2.24) is 5.32 Å². The van der Waals surface area contributed by atoms with Gasteiger partial charge in [0.1, 0.15) is 18.0 Å². The van der Waals surface area contributed by atoms with E-state index in [0.717, 1.165) is 42.6 Å². The van der Waals surface area contributed by atoms with Crippen molar-refractivity contribution in [3.8, 4) is 5.75 Å². The fraction of sp³-hybridized carbons (Fsp3) is 0.500. The molecular weight excluding hydrogens is 358 g/mol. The van der Waals surface area contributed by atoms with Crippen LogP contribution in [0.1, 0.15) is 44.9 Å². The minimum absolute atomic E-state index is 0.00929. The molecule has 1 aromatic carbocycles. The van der Waals surface area contributed by atoms with E-state index in [1.54, 1.807) is 11.3 Å². The Labute approximate surface area is 164 Å². The molecule has 2 N–H and O–H groups in total. The summed E-state index contributed by atoms with van der Waals surface area (Å²) < 4.78 is 6.06. The van der Waals surface area contributed by atoms with Crippen LogP contribution in [0.25, 0.3) is 0 Å². The highest BCUT2D eigenvalue weighted by Crippen LogP contribution is 2.32. The molecule has 4 rings (SSSR count). The number of thiophene rings is 1. The zero-order valence-electron chi connectivity index (χ0n) is 15.9. The Hall–Kier alpha value is -1.69. The molecule has 1 unspecified atom stereocenters. The molecule has 0 amide bonds. The molecule has 0 saturated heterocycles. The molecule has 1 saturated carbocycles. The molecule has 144 valence electrons. The van der Waals surface area contributed by atoms with Crippen molar-refractivity contribution in [1.29, 1.82) is 0 Å². The molecular formula is C22H27NO3S. The van der Waals surface area contributed by atoms with Gasteiger partial charge >= 0.3 is 0 Å². The summed E-state index contributed by atoms with van der Waals surface area (Å²) in [7, 11) is 0. The topological polar surface area (TPSA) is 58.6 Å². The van der Waals surface area contributed by atoms with Crippen LogP contribution >= 0.6 is 11.3 Å². The maximum atomic E-state index is 12.7. The monoisotopic (exact) mass is 385 g/mol. The molecule has 27 heavy (non-hydrogen) atoms. The van der Waals surface area contributed by atoms with Crippen LogP contribution in [-0.2, 0) is 6.42 Å². The first-order valence-electron chi connectivity index (χ1n) is 9.80. The lowest BCUT2D eigenvalue weighted by Gasteiger charge is -2.26. The number of hydrogen-bond acceptors (Lipinski definition) is 5. The third-order valence-corrected chi connectivity index (χ3v) is 6.95. The third-order valence-electron chi connectivity index (χ3n) is 5.84. The van der Waals surface area contributed by atoms with Crippen LogP contribution in [0.3, 0.4) is 0 Å². The number of benzene rings is 1. The molecule has 4 atom stereocenters. The number of aliphatic hydroxyl groups excluding tert-OH is 1. The number of aliphatic hydroxyl groups is 1. The van der Waals surface area contributed by atoms with Gasteiger partial charge in [0.25, 0.3) is 0 Å². The van der Waals surface area contributed by atoms with Crippen LogP contribution in [0.4, 0.5) is 0 Å². The Morgan fingerprint density at radius 3 is 2.85 bits per heavy atom. The fourth-order valence-corrected chi connectivity index (χ4v) is 5.30. The van der Waals surface area contributed by atoms with Gasteiger partial charge in [-0.2, -0.15) is 0 Å². The Balaban J connectivity index is 1.33. The Morgan fingerprint density at radius 1 is 1.22 bits per heavy atom. The molecule has 1 aromatic heterocycles. The summed E-state index contributed by atoms with van der Waals surface area (Å²) >= 11 is 1.74. The normalized spacial score (nSPS) is 27.6. The molecule has 2 aliphatic rings. The molecule has 0 bridgehead atoms. The second-order valence-corrected chi connectivity index (χ2v) is 9.14. The van der Waals surface area contributed by atoms with Gasteiger partial charge in [-0.1, -0.05) is 18.2 Å². The predicted octanol–water partition coefficient (Wildman–Crippen LogP) is 3.67. The third kappa shape index (κ3) is 3.82. The minimum Gasteiger partial charge on any atom is -0.487 e. The zero-order valence-corrected chi connectivity index (χ0v) is 16.7. The first kappa shape index (κ1) is 18.7. The molecule has 4 nitrogen and oxygen atoms in total. The Morgan fingerprint density at radius 2 is 2.04 bits per heavy atom. The number of Topliss-reactive ketones (excluding diaryl/α,β-unsaturated/α-hetero) is 1. The van der Waals surface area contributed by atoms with Crippen LogP contribution in [0.5, 0.6) is 5.75 Å². The summed E-state index contributed by atoms with van der Waals surface area (Å²) in [6, 6.07) is 9.92. The second-order valence-electron chi connectivity index (χ2n) is 7.80. The Kier molecular flexibility index (Phi) is 5.35. The van der Waals surface area contributed by atoms with Gasteiger partial charge in [-0.15, -0.1) is 11.3 Å². The largest absolute Gasteiger partial charge is 0.487 e. The first-order chi connectivity index (χ1) is 13.0. The standard InChI is InChI=1S/C22H27NO3S/c1-13-5-3-4-6-18(13)26-19-9-8-17(22(19)25)23-12-15-7-10-20-16(21(15)24)11-14(2)27-20/h3-6,11,15,17,19,22-23,25H,7-10,12H2,1-2H3/t15?,17-,19-,22-/m1/s1. The van der Waals surface area contributed by atoms with Gasteiger partial charge in [0.2, 0.25) is 0 Å². The highest BCUT2D eigenvalue weighted by Gasteiger charge is 2.37. The molecule has 1 heterocycles. The number of carbonyl (C=O) groups excluding carboxylic acids is 1. The summed E-state index contributed by atoms with van der Waals surface area (Å²) in [5, 5.41) is 14.1. The number of para-hydroxylation sites is 1. The van der Waals surface area contributed by atoms with Gasteiger partial charge < -0.3 is 15.2 Å². The minimum atomic E-state index is -0.553. The lowest BCUT2D eigenvalue weighted by Crippen LogP contribution is -2.44. The fourth-order valence-electron chi connectivity index (χ4n) is 4.25. The first-order valence-corrected chi connectivity index (χ1v) is 10.6. The van der Waals surface area contributed by atoms with E-state index in [4.69, 9.17) is 4.74 Å². The molecule has 0 aliphatic heterocycles. The van der Waals surface area contributed by atoms with E-state index >= 15 is 0 Å². The smallest absolute Gasteiger partial charge is 0.168 e. The number of ketones is 1. The van der Waals surface area contributed by atoms with Crippen molar-refractivity contribution in [2.24, 2.45) is 5.92 Å². The van der Waals surface area contributed by atoms with Gasteiger partial charge in [0.05, 0.1) is 0 Å². The van der Waals surface area contributed by atoms with E-state index in [1.807, 2.05) is 37.3 Å². The van der Waals surface area contributed by atoms with Crippen LogP contribution < -0.4 is 10.1 Å². The highest BCUT2D eigenvalue weighted by atomic mass is 32.1. The van der Waals surface area contributed by atoms with Crippen molar-refractivity contribution >= 4 is 17.1 Å². The zero-order chi connectivity index (χ0) is 19.0. The van der Waals surface area contributed by atoms with E-state index < -0.39 is 6.10 Å². The summed E-state index contributed by atoms with van der Waals surface area (Å²) in [4.78, 5) is 15.2. The van der Waals surface area contributed by atoms with E-state index in [2.05, 4.69) is 12.2 Å². The number of rotatable bonds is 5. The molecule has 0 radical (unpaired) electrons. The lowest BCUT2D eigenvalue weighted by atomic mass is 9.87. The molecule has 2 aliphatic carbocycles. The molecule has 2 aromatic rings. The molecule has 5 heteroatoms. The van der Waals surface area contributed by atoms with E-state index in [-0.39, 0.29) is 23.8 Å². The van der Waals surface area contributed by atoms with Gasteiger partial charge in [0.15, 0.2) is 5.78 Å². The van der Waals surface area contributed by atoms with Crippen LogP contribution in [0, 0.1) is 19.8 Å². The quantitative estimate of drug-likeness (QED) is 0.824. The summed E-state index contributed by atoms with van der Waals surface area (Å²) in [5.41, 5.74) is 2.00. The highest BCUT2D eigenvalue weighted by molar-refractivity contribution is 7.12. The van der Waals surface area contributed by atoms with Crippen LogP contribution in [0.2, 0.25) is 0 Å². The Bertz CT molecular complexity index is 831. The van der Waals surface area contributed by atoms with Crippen molar-refractivity contribution in [3.63, 3.8) is 0 Å². The van der Waals surface area contributed by atoms with Gasteiger partial charge in [0, 0.05) is 33.8 Å². The van der Waals surface area contributed by atoms with Crippen molar-refractivity contribution in [3.05, 3.63) is 51.2 Å². The van der Waals surface area contributed by atoms with E-state index in [1.165, 1.54) is 9.75 Å². The second kappa shape index (κ2) is 7.74. The average molecular weight is 386 g/mol. The number of fused-ring (bicyclic) bond motifs is 1. The van der Waals surface area contributed by atoms with Crippen molar-refractivity contribution in [2.75, 3.05) is 6.54 Å². The van der Waals surface area contributed by atoms with E-state index in [0.29, 0.717) is 6.54 Å². The van der Waals surface area contributed by atoms with Gasteiger partial charge in [-0.05, 0) is 57.2 Å². The lowest BCUT2D eigenvalue weighted by molar-refractivity contribution is 0.0438. The van der Waals surface area contributed by atoms with Gasteiger partial charge in [-0.25, -0.2) is 0 Å². The number of aryl methyl sites for hydroxylation is 3. The summed E-state index contributed by atoms with van der Waals surface area (Å²) in [6.45, 7) is 4.71. The predicted molar refractivity (Wildman–Crippen MR) is 108 cm³/mol.